The third kappa shape index (κ3) is 4.57. The van der Waals surface area contributed by atoms with E-state index in [1.54, 1.807) is 13.4 Å². The normalized spacial score (nSPS) is 24.2. The number of morpholine rings is 1. The van der Waals surface area contributed by atoms with Crippen molar-refractivity contribution in [1.29, 1.82) is 0 Å². The van der Waals surface area contributed by atoms with Crippen LogP contribution in [0.25, 0.3) is 10.9 Å². The number of rotatable bonds is 6. The van der Waals surface area contributed by atoms with Crippen molar-refractivity contribution in [3.8, 4) is 0 Å². The Bertz CT molecular complexity index is 740. The third-order valence-electron chi connectivity index (χ3n) is 5.89. The zero-order valence-corrected chi connectivity index (χ0v) is 16.2. The van der Waals surface area contributed by atoms with Crippen molar-refractivity contribution in [2.45, 2.75) is 44.2 Å². The number of nitrogens with zero attached hydrogens (tertiary/aromatic N) is 3. The molecule has 1 aromatic heterocycles. The number of aromatic nitrogens is 2. The minimum absolute atomic E-state index is 0.489. The first-order valence-corrected chi connectivity index (χ1v) is 10.1. The molecule has 2 heterocycles. The van der Waals surface area contributed by atoms with Gasteiger partial charge >= 0.3 is 0 Å². The van der Waals surface area contributed by atoms with Crippen LogP contribution in [0.5, 0.6) is 0 Å². The minimum Gasteiger partial charge on any atom is -0.384 e. The monoisotopic (exact) mass is 370 g/mol. The first-order chi connectivity index (χ1) is 13.3. The molecule has 0 unspecified atom stereocenters. The molecule has 0 bridgehead atoms. The molecular formula is C21H30N4O2. The standard InChI is InChI=1S/C21H30N4O2/c1-26-11-8-16-2-7-20-19(14-16)21(23-15-22-20)24-17-3-5-18(6-4-17)25-9-12-27-13-10-25/h2,7,14-15,17-18H,3-6,8-13H2,1H3,(H,22,23,24). The lowest BCUT2D eigenvalue weighted by Gasteiger charge is -2.39. The van der Waals surface area contributed by atoms with Gasteiger partial charge < -0.3 is 14.8 Å². The highest BCUT2D eigenvalue weighted by molar-refractivity contribution is 5.89. The van der Waals surface area contributed by atoms with Gasteiger partial charge in [0.2, 0.25) is 0 Å². The Labute approximate surface area is 161 Å². The van der Waals surface area contributed by atoms with Gasteiger partial charge in [0.1, 0.15) is 12.1 Å². The lowest BCUT2D eigenvalue weighted by atomic mass is 9.90. The lowest BCUT2D eigenvalue weighted by molar-refractivity contribution is 0.00791. The van der Waals surface area contributed by atoms with E-state index in [0.29, 0.717) is 6.04 Å². The highest BCUT2D eigenvalue weighted by Crippen LogP contribution is 2.28. The fraction of sp³-hybridized carbons (Fsp3) is 0.619. The molecule has 2 fully saturated rings. The van der Waals surface area contributed by atoms with Crippen LogP contribution in [0, 0.1) is 0 Å². The summed E-state index contributed by atoms with van der Waals surface area (Å²) in [7, 11) is 1.74. The molecular weight excluding hydrogens is 340 g/mol. The molecule has 1 aliphatic carbocycles. The zero-order chi connectivity index (χ0) is 18.5. The summed E-state index contributed by atoms with van der Waals surface area (Å²) in [5, 5.41) is 4.82. The molecule has 0 radical (unpaired) electrons. The van der Waals surface area contributed by atoms with Crippen LogP contribution >= 0.6 is 0 Å². The van der Waals surface area contributed by atoms with Gasteiger partial charge in [-0.15, -0.1) is 0 Å². The maximum absolute atomic E-state index is 5.49. The Hall–Kier alpha value is -1.76. The van der Waals surface area contributed by atoms with Crippen LogP contribution in [0.4, 0.5) is 5.82 Å². The second-order valence-corrected chi connectivity index (χ2v) is 7.61. The Morgan fingerprint density at radius 1 is 1.15 bits per heavy atom. The lowest BCUT2D eigenvalue weighted by Crippen LogP contribution is -2.46. The van der Waals surface area contributed by atoms with E-state index in [1.807, 2.05) is 0 Å². The first-order valence-electron chi connectivity index (χ1n) is 10.1. The van der Waals surface area contributed by atoms with Crippen molar-refractivity contribution in [2.24, 2.45) is 0 Å². The van der Waals surface area contributed by atoms with Crippen molar-refractivity contribution >= 4 is 16.7 Å². The van der Waals surface area contributed by atoms with Gasteiger partial charge in [0.15, 0.2) is 0 Å². The molecule has 1 saturated heterocycles. The molecule has 146 valence electrons. The van der Waals surface area contributed by atoms with Gasteiger partial charge in [0.25, 0.3) is 0 Å². The molecule has 1 aliphatic heterocycles. The van der Waals surface area contributed by atoms with Crippen LogP contribution in [0.1, 0.15) is 31.2 Å². The molecule has 4 rings (SSSR count). The smallest absolute Gasteiger partial charge is 0.137 e. The number of fused-ring (bicyclic) bond motifs is 1. The summed E-state index contributed by atoms with van der Waals surface area (Å²) in [5.74, 6) is 0.967. The minimum atomic E-state index is 0.489. The van der Waals surface area contributed by atoms with Gasteiger partial charge in [-0.3, -0.25) is 4.90 Å². The first kappa shape index (κ1) is 18.6. The molecule has 0 atom stereocenters. The molecule has 1 saturated carbocycles. The van der Waals surface area contributed by atoms with Crippen LogP contribution in [0.15, 0.2) is 24.5 Å². The SMILES string of the molecule is COCCc1ccc2ncnc(NC3CCC(N4CCOCC4)CC3)c2c1. The second kappa shape index (κ2) is 8.95. The van der Waals surface area contributed by atoms with E-state index < -0.39 is 0 Å². The fourth-order valence-corrected chi connectivity index (χ4v) is 4.32. The Morgan fingerprint density at radius 3 is 2.74 bits per heavy atom. The summed E-state index contributed by atoms with van der Waals surface area (Å²) in [6.07, 6.45) is 7.46. The molecule has 0 spiro atoms. The van der Waals surface area contributed by atoms with E-state index in [2.05, 4.69) is 38.4 Å². The van der Waals surface area contributed by atoms with Crippen LogP contribution in [-0.4, -0.2) is 67.0 Å². The van der Waals surface area contributed by atoms with E-state index in [1.165, 1.54) is 31.2 Å². The zero-order valence-electron chi connectivity index (χ0n) is 16.2. The summed E-state index contributed by atoms with van der Waals surface area (Å²) < 4.78 is 10.7. The van der Waals surface area contributed by atoms with E-state index in [9.17, 15) is 0 Å². The Morgan fingerprint density at radius 2 is 1.96 bits per heavy atom. The summed E-state index contributed by atoms with van der Waals surface area (Å²) in [4.78, 5) is 11.6. The number of hydrogen-bond acceptors (Lipinski definition) is 6. The summed E-state index contributed by atoms with van der Waals surface area (Å²) >= 11 is 0. The number of anilines is 1. The van der Waals surface area contributed by atoms with E-state index in [-0.39, 0.29) is 0 Å². The largest absolute Gasteiger partial charge is 0.384 e. The molecule has 2 aromatic rings. The number of ether oxygens (including phenoxy) is 2. The van der Waals surface area contributed by atoms with Gasteiger partial charge in [-0.05, 0) is 49.8 Å². The van der Waals surface area contributed by atoms with Crippen LogP contribution < -0.4 is 5.32 Å². The fourth-order valence-electron chi connectivity index (χ4n) is 4.32. The Kier molecular flexibility index (Phi) is 6.17. The molecule has 2 aliphatic rings. The topological polar surface area (TPSA) is 59.5 Å². The van der Waals surface area contributed by atoms with Crippen LogP contribution in [0.3, 0.4) is 0 Å². The summed E-state index contributed by atoms with van der Waals surface area (Å²) in [6.45, 7) is 4.67. The van der Waals surface area contributed by atoms with E-state index in [4.69, 9.17) is 9.47 Å². The number of nitrogens with one attached hydrogen (secondary N) is 1. The van der Waals surface area contributed by atoms with Gasteiger partial charge in [-0.1, -0.05) is 6.07 Å². The number of methoxy groups -OCH3 is 1. The quantitative estimate of drug-likeness (QED) is 0.844. The van der Waals surface area contributed by atoms with Crippen LogP contribution in [-0.2, 0) is 15.9 Å². The average Bonchev–Trinajstić information content (AvgIpc) is 2.74. The third-order valence-corrected chi connectivity index (χ3v) is 5.89. The summed E-state index contributed by atoms with van der Waals surface area (Å²) in [6, 6.07) is 7.63. The van der Waals surface area contributed by atoms with E-state index >= 15 is 0 Å². The molecule has 1 aromatic carbocycles. The second-order valence-electron chi connectivity index (χ2n) is 7.61. The highest BCUT2D eigenvalue weighted by atomic mass is 16.5. The van der Waals surface area contributed by atoms with Gasteiger partial charge in [-0.2, -0.15) is 0 Å². The van der Waals surface area contributed by atoms with Gasteiger partial charge in [0, 0.05) is 37.7 Å². The van der Waals surface area contributed by atoms with E-state index in [0.717, 1.165) is 62.1 Å². The molecule has 1 N–H and O–H groups in total. The number of benzene rings is 1. The van der Waals surface area contributed by atoms with Crippen molar-refractivity contribution in [3.05, 3.63) is 30.1 Å². The Balaban J connectivity index is 1.41. The highest BCUT2D eigenvalue weighted by Gasteiger charge is 2.27. The summed E-state index contributed by atoms with van der Waals surface area (Å²) in [5.41, 5.74) is 2.26. The van der Waals surface area contributed by atoms with Crippen molar-refractivity contribution in [2.75, 3.05) is 45.3 Å². The average molecular weight is 370 g/mol. The molecule has 27 heavy (non-hydrogen) atoms. The van der Waals surface area contributed by atoms with Crippen molar-refractivity contribution in [1.82, 2.24) is 14.9 Å². The maximum Gasteiger partial charge on any atom is 0.137 e. The number of hydrogen-bond donors (Lipinski definition) is 1. The van der Waals surface area contributed by atoms with Crippen molar-refractivity contribution < 1.29 is 9.47 Å². The molecule has 0 amide bonds. The predicted octanol–water partition coefficient (Wildman–Crippen LogP) is 2.87. The van der Waals surface area contributed by atoms with Gasteiger partial charge in [-0.25, -0.2) is 9.97 Å². The van der Waals surface area contributed by atoms with Gasteiger partial charge in [0.05, 0.1) is 25.3 Å². The van der Waals surface area contributed by atoms with Crippen LogP contribution in [0.2, 0.25) is 0 Å². The molecule has 6 nitrogen and oxygen atoms in total. The van der Waals surface area contributed by atoms with Crippen molar-refractivity contribution in [3.63, 3.8) is 0 Å². The molecule has 6 heteroatoms. The maximum atomic E-state index is 5.49. The predicted molar refractivity (Wildman–Crippen MR) is 107 cm³/mol.